The van der Waals surface area contributed by atoms with Crippen molar-refractivity contribution in [3.8, 4) is 23.0 Å². The summed E-state index contributed by atoms with van der Waals surface area (Å²) in [7, 11) is 3.33. The molecule has 0 N–H and O–H groups in total. The molecule has 3 aliphatic heterocycles. The predicted molar refractivity (Wildman–Crippen MR) is 95.8 cm³/mol. The van der Waals surface area contributed by atoms with Crippen molar-refractivity contribution >= 4 is 23.8 Å². The summed E-state index contributed by atoms with van der Waals surface area (Å²) in [5, 5.41) is 0. The van der Waals surface area contributed by atoms with Gasteiger partial charge in [-0.15, -0.1) is 0 Å². The summed E-state index contributed by atoms with van der Waals surface area (Å²) in [4.78, 5) is 0. The molecule has 6 nitrogen and oxygen atoms in total. The van der Waals surface area contributed by atoms with Crippen LogP contribution in [-0.4, -0.2) is 41.8 Å². The van der Waals surface area contributed by atoms with E-state index in [1.165, 1.54) is 0 Å². The Morgan fingerprint density at radius 3 is 1.77 bits per heavy atom. The lowest BCUT2D eigenvalue weighted by Crippen LogP contribution is -2.53. The predicted octanol–water partition coefficient (Wildman–Crippen LogP) is 3.41. The van der Waals surface area contributed by atoms with Gasteiger partial charge in [0.25, 0.3) is 11.4 Å². The zero-order valence-corrected chi connectivity index (χ0v) is 14.8. The van der Waals surface area contributed by atoms with Crippen LogP contribution >= 0.6 is 0 Å². The van der Waals surface area contributed by atoms with Crippen LogP contribution in [0, 0.1) is 0 Å². The Bertz CT molecular complexity index is 887. The first-order valence-corrected chi connectivity index (χ1v) is 8.74. The van der Waals surface area contributed by atoms with Crippen molar-refractivity contribution in [3.63, 3.8) is 0 Å². The largest absolute Gasteiger partial charge is 0.714 e. The molecule has 0 atom stereocenters. The van der Waals surface area contributed by atoms with E-state index in [0.29, 0.717) is 0 Å². The first kappa shape index (κ1) is 15.3. The maximum Gasteiger partial charge on any atom is 0.714 e. The molecule has 2 aromatic rings. The number of benzene rings is 2. The Labute approximate surface area is 151 Å². The second-order valence-electron chi connectivity index (χ2n) is 6.46. The summed E-state index contributed by atoms with van der Waals surface area (Å²) < 4.78 is 27.7. The van der Waals surface area contributed by atoms with Crippen LogP contribution in [0.15, 0.2) is 36.4 Å². The zero-order chi connectivity index (χ0) is 17.7. The Hall–Kier alpha value is -3.02. The summed E-state index contributed by atoms with van der Waals surface area (Å²) in [5.41, 5.74) is 1.87. The third kappa shape index (κ3) is 1.98. The number of nitrogens with zero attached hydrogens (tertiary/aromatic N) is 2. The number of hydrogen-bond donors (Lipinski definition) is 0. The third-order valence-electron chi connectivity index (χ3n) is 4.98. The van der Waals surface area contributed by atoms with Crippen molar-refractivity contribution in [2.45, 2.75) is 25.3 Å². The molecule has 0 bridgehead atoms. The maximum absolute atomic E-state index is 6.38. The number of hydrogen-bond acceptors (Lipinski definition) is 4. The van der Waals surface area contributed by atoms with Gasteiger partial charge in [0.2, 0.25) is 11.5 Å². The standard InChI is InChI=1S/C20H20N2O4/c1-23-14-6-8-18-16(12-14)21-10-4-3-5-11-22-17-13-15(24-2)7-9-19(17)26-20(21,22)25-18/h6-13H,3-5H2,1-2H3/q+2/b21-10+,22-11+. The lowest BCUT2D eigenvalue weighted by atomic mass is 10.2. The van der Waals surface area contributed by atoms with Crippen molar-refractivity contribution in [1.82, 2.24) is 0 Å². The van der Waals surface area contributed by atoms with Crippen molar-refractivity contribution in [2.24, 2.45) is 0 Å². The van der Waals surface area contributed by atoms with Gasteiger partial charge in [-0.1, -0.05) is 9.15 Å². The lowest BCUT2D eigenvalue weighted by molar-refractivity contribution is -0.831. The Morgan fingerprint density at radius 2 is 1.31 bits per heavy atom. The van der Waals surface area contributed by atoms with Gasteiger partial charge in [0, 0.05) is 12.8 Å². The van der Waals surface area contributed by atoms with Crippen LogP contribution < -0.4 is 18.9 Å². The van der Waals surface area contributed by atoms with Gasteiger partial charge in [0.1, 0.15) is 11.5 Å². The highest BCUT2D eigenvalue weighted by atomic mass is 16.8. The van der Waals surface area contributed by atoms with E-state index < -0.39 is 6.03 Å². The highest BCUT2D eigenvalue weighted by Crippen LogP contribution is 2.51. The molecular formula is C20H20N2O4+2. The van der Waals surface area contributed by atoms with E-state index in [-0.39, 0.29) is 0 Å². The quantitative estimate of drug-likeness (QED) is 0.777. The topological polar surface area (TPSA) is 42.9 Å². The van der Waals surface area contributed by atoms with Gasteiger partial charge in [0.15, 0.2) is 12.4 Å². The molecule has 0 saturated heterocycles. The minimum atomic E-state index is -1.08. The molecule has 1 spiro atoms. The van der Waals surface area contributed by atoms with E-state index in [1.54, 1.807) is 14.2 Å². The fourth-order valence-electron chi connectivity index (χ4n) is 3.71. The third-order valence-corrected chi connectivity index (χ3v) is 4.98. The molecule has 2 aromatic carbocycles. The number of rotatable bonds is 2. The molecule has 26 heavy (non-hydrogen) atoms. The van der Waals surface area contributed by atoms with Gasteiger partial charge in [-0.3, -0.25) is 0 Å². The lowest BCUT2D eigenvalue weighted by Gasteiger charge is -2.13. The van der Waals surface area contributed by atoms with Crippen LogP contribution in [0.4, 0.5) is 11.4 Å². The molecule has 132 valence electrons. The summed E-state index contributed by atoms with van der Waals surface area (Å²) in [6, 6.07) is 10.5. The highest BCUT2D eigenvalue weighted by Gasteiger charge is 2.72. The minimum Gasteiger partial charge on any atom is -0.497 e. The molecule has 0 saturated carbocycles. The molecule has 0 unspecified atom stereocenters. The summed E-state index contributed by atoms with van der Waals surface area (Å²) in [6.07, 6.45) is 7.23. The number of methoxy groups -OCH3 is 2. The SMILES string of the molecule is COc1ccc2c(c1)/[N+]1=C\CCC/C=[N+]3\c4cc(OC)ccc4OC13O2. The van der Waals surface area contributed by atoms with E-state index in [4.69, 9.17) is 18.9 Å². The average Bonchev–Trinajstić information content (AvgIpc) is 3.11. The Balaban J connectivity index is 1.71. The summed E-state index contributed by atoms with van der Waals surface area (Å²) in [6.45, 7) is 0. The van der Waals surface area contributed by atoms with Crippen molar-refractivity contribution < 1.29 is 28.1 Å². The zero-order valence-electron chi connectivity index (χ0n) is 14.8. The molecule has 6 heteroatoms. The van der Waals surface area contributed by atoms with Crippen molar-refractivity contribution in [3.05, 3.63) is 36.4 Å². The number of fused-ring (bicyclic) bond motifs is 4. The number of ether oxygens (including phenoxy) is 4. The molecule has 0 radical (unpaired) electrons. The van der Waals surface area contributed by atoms with Gasteiger partial charge in [0.05, 0.1) is 26.4 Å². The van der Waals surface area contributed by atoms with E-state index in [2.05, 4.69) is 21.6 Å². The van der Waals surface area contributed by atoms with E-state index in [0.717, 1.165) is 53.6 Å². The van der Waals surface area contributed by atoms with Crippen LogP contribution in [0.3, 0.4) is 0 Å². The van der Waals surface area contributed by atoms with Crippen LogP contribution in [0.25, 0.3) is 0 Å². The molecular weight excluding hydrogens is 332 g/mol. The summed E-state index contributed by atoms with van der Waals surface area (Å²) in [5.74, 6) is 3.10. The van der Waals surface area contributed by atoms with Gasteiger partial charge in [-0.2, -0.15) is 0 Å². The Morgan fingerprint density at radius 1 is 0.808 bits per heavy atom. The van der Waals surface area contributed by atoms with Crippen molar-refractivity contribution in [1.29, 1.82) is 0 Å². The molecule has 3 heterocycles. The monoisotopic (exact) mass is 352 g/mol. The molecule has 0 amide bonds. The minimum absolute atomic E-state index is 0.766. The second kappa shape index (κ2) is 5.49. The first-order valence-electron chi connectivity index (χ1n) is 8.74. The molecule has 0 aromatic heterocycles. The van der Waals surface area contributed by atoms with Crippen LogP contribution in [0.2, 0.25) is 0 Å². The van der Waals surface area contributed by atoms with E-state index >= 15 is 0 Å². The maximum atomic E-state index is 6.38. The smallest absolute Gasteiger partial charge is 0.497 e. The second-order valence-corrected chi connectivity index (χ2v) is 6.46. The van der Waals surface area contributed by atoms with Crippen molar-refractivity contribution in [2.75, 3.05) is 14.2 Å². The van der Waals surface area contributed by atoms with Crippen LogP contribution in [-0.2, 0) is 0 Å². The Kier molecular flexibility index (Phi) is 3.22. The average molecular weight is 352 g/mol. The molecule has 0 fully saturated rings. The first-order chi connectivity index (χ1) is 12.7. The van der Waals surface area contributed by atoms with E-state index in [1.807, 2.05) is 36.4 Å². The van der Waals surface area contributed by atoms with Gasteiger partial charge in [-0.05, 0) is 30.7 Å². The van der Waals surface area contributed by atoms with Gasteiger partial charge in [-0.25, -0.2) is 0 Å². The van der Waals surface area contributed by atoms with E-state index in [9.17, 15) is 0 Å². The van der Waals surface area contributed by atoms with Crippen LogP contribution in [0.5, 0.6) is 23.0 Å². The molecule has 5 rings (SSSR count). The summed E-state index contributed by atoms with van der Waals surface area (Å²) >= 11 is 0. The fourth-order valence-corrected chi connectivity index (χ4v) is 3.71. The fraction of sp³-hybridized carbons (Fsp3) is 0.300. The molecule has 3 aliphatic rings. The van der Waals surface area contributed by atoms with Crippen LogP contribution in [0.1, 0.15) is 19.3 Å². The highest BCUT2D eigenvalue weighted by molar-refractivity contribution is 5.65. The molecule has 0 aliphatic carbocycles. The van der Waals surface area contributed by atoms with Gasteiger partial charge >= 0.3 is 6.03 Å². The van der Waals surface area contributed by atoms with Gasteiger partial charge < -0.3 is 18.9 Å². The normalized spacial score (nSPS) is 22.5.